The monoisotopic (exact) mass is 325 g/mol. The van der Waals surface area contributed by atoms with Gasteiger partial charge in [-0.2, -0.15) is 5.10 Å². The lowest BCUT2D eigenvalue weighted by Crippen LogP contribution is -2.25. The number of nitrogens with one attached hydrogen (secondary N) is 2. The Balaban J connectivity index is 1.86. The number of anilines is 1. The molecular weight excluding hydrogens is 306 g/mol. The standard InChI is InChI=1S/C18H19N3O3/c1-2-13-7-3-5-9-15(13)20-17(23)11-18(24)21-19-12-14-8-4-6-10-16(14)22/h3-10,12,22H,2,11H2,1H3,(H,20,23)(H,21,24). The van der Waals surface area contributed by atoms with E-state index in [9.17, 15) is 14.7 Å². The zero-order valence-corrected chi connectivity index (χ0v) is 13.3. The SMILES string of the molecule is CCc1ccccc1NC(=O)CC(=O)NN=Cc1ccccc1O. The van der Waals surface area contributed by atoms with E-state index < -0.39 is 11.8 Å². The fourth-order valence-corrected chi connectivity index (χ4v) is 2.10. The molecular formula is C18H19N3O3. The molecule has 0 bridgehead atoms. The lowest BCUT2D eigenvalue weighted by atomic mass is 10.1. The number of rotatable bonds is 6. The Labute approximate surface area is 140 Å². The molecule has 0 aliphatic heterocycles. The Morgan fingerprint density at radius 3 is 2.54 bits per heavy atom. The van der Waals surface area contributed by atoms with E-state index in [1.165, 1.54) is 12.3 Å². The number of hydrazone groups is 1. The summed E-state index contributed by atoms with van der Waals surface area (Å²) < 4.78 is 0. The number of nitrogens with zero attached hydrogens (tertiary/aromatic N) is 1. The van der Waals surface area contributed by atoms with Crippen molar-refractivity contribution in [3.05, 3.63) is 59.7 Å². The molecule has 0 radical (unpaired) electrons. The number of carbonyl (C=O) groups excluding carboxylic acids is 2. The van der Waals surface area contributed by atoms with Gasteiger partial charge in [-0.05, 0) is 30.2 Å². The van der Waals surface area contributed by atoms with Crippen LogP contribution in [-0.4, -0.2) is 23.1 Å². The molecule has 0 heterocycles. The highest BCUT2D eigenvalue weighted by Crippen LogP contribution is 2.15. The summed E-state index contributed by atoms with van der Waals surface area (Å²) in [6.45, 7) is 1.99. The normalized spacial score (nSPS) is 10.5. The molecule has 2 rings (SSSR count). The van der Waals surface area contributed by atoms with Crippen LogP contribution in [0.5, 0.6) is 5.75 Å². The first-order valence-corrected chi connectivity index (χ1v) is 7.57. The van der Waals surface area contributed by atoms with E-state index in [2.05, 4.69) is 15.8 Å². The van der Waals surface area contributed by atoms with E-state index in [-0.39, 0.29) is 12.2 Å². The first-order valence-electron chi connectivity index (χ1n) is 7.57. The smallest absolute Gasteiger partial charge is 0.249 e. The minimum atomic E-state index is -0.534. The minimum Gasteiger partial charge on any atom is -0.507 e. The molecule has 2 aromatic rings. The van der Waals surface area contributed by atoms with Gasteiger partial charge < -0.3 is 10.4 Å². The second-order valence-corrected chi connectivity index (χ2v) is 5.09. The van der Waals surface area contributed by atoms with E-state index in [1.807, 2.05) is 25.1 Å². The summed E-state index contributed by atoms with van der Waals surface area (Å²) in [5.41, 5.74) is 4.44. The molecule has 0 unspecified atom stereocenters. The first-order chi connectivity index (χ1) is 11.6. The molecule has 0 aliphatic rings. The topological polar surface area (TPSA) is 90.8 Å². The van der Waals surface area contributed by atoms with Crippen LogP contribution in [0.25, 0.3) is 0 Å². The van der Waals surface area contributed by atoms with Crippen LogP contribution in [0.1, 0.15) is 24.5 Å². The maximum Gasteiger partial charge on any atom is 0.249 e. The Morgan fingerprint density at radius 1 is 1.08 bits per heavy atom. The van der Waals surface area contributed by atoms with Crippen molar-refractivity contribution in [2.75, 3.05) is 5.32 Å². The Bertz CT molecular complexity index is 757. The number of hydrogen-bond donors (Lipinski definition) is 3. The van der Waals surface area contributed by atoms with Crippen molar-refractivity contribution in [2.24, 2.45) is 5.10 Å². The van der Waals surface area contributed by atoms with E-state index in [0.717, 1.165) is 12.0 Å². The summed E-state index contributed by atoms with van der Waals surface area (Å²) in [6.07, 6.45) is 1.77. The average molecular weight is 325 g/mol. The van der Waals surface area contributed by atoms with Gasteiger partial charge >= 0.3 is 0 Å². The maximum absolute atomic E-state index is 11.9. The number of carbonyl (C=O) groups is 2. The summed E-state index contributed by atoms with van der Waals surface area (Å²) in [5.74, 6) is -0.885. The molecule has 6 heteroatoms. The Hall–Kier alpha value is -3.15. The number of aromatic hydroxyl groups is 1. The van der Waals surface area contributed by atoms with Crippen LogP contribution < -0.4 is 10.7 Å². The quantitative estimate of drug-likeness (QED) is 0.433. The Morgan fingerprint density at radius 2 is 1.79 bits per heavy atom. The number of amides is 2. The van der Waals surface area contributed by atoms with Gasteiger partial charge in [0.2, 0.25) is 11.8 Å². The highest BCUT2D eigenvalue weighted by molar-refractivity contribution is 6.04. The van der Waals surface area contributed by atoms with Gasteiger partial charge in [0.15, 0.2) is 0 Å². The predicted octanol–water partition coefficient (Wildman–Crippen LogP) is 2.43. The van der Waals surface area contributed by atoms with E-state index in [0.29, 0.717) is 11.3 Å². The van der Waals surface area contributed by atoms with Crippen LogP contribution in [0.2, 0.25) is 0 Å². The average Bonchev–Trinajstić information content (AvgIpc) is 2.57. The largest absolute Gasteiger partial charge is 0.507 e. The van der Waals surface area contributed by atoms with Crippen LogP contribution in [0.3, 0.4) is 0 Å². The fraction of sp³-hybridized carbons (Fsp3) is 0.167. The molecule has 3 N–H and O–H groups in total. The molecule has 0 spiro atoms. The third-order valence-corrected chi connectivity index (χ3v) is 3.32. The molecule has 0 atom stereocenters. The van der Waals surface area contributed by atoms with Gasteiger partial charge in [-0.15, -0.1) is 0 Å². The molecule has 2 amide bonds. The van der Waals surface area contributed by atoms with Crippen molar-refractivity contribution in [3.8, 4) is 5.75 Å². The molecule has 0 fully saturated rings. The van der Waals surface area contributed by atoms with Gasteiger partial charge in [-0.25, -0.2) is 5.43 Å². The lowest BCUT2D eigenvalue weighted by molar-refractivity contribution is -0.126. The molecule has 24 heavy (non-hydrogen) atoms. The third-order valence-electron chi connectivity index (χ3n) is 3.32. The van der Waals surface area contributed by atoms with E-state index in [4.69, 9.17) is 0 Å². The van der Waals surface area contributed by atoms with Gasteiger partial charge in [0, 0.05) is 11.3 Å². The lowest BCUT2D eigenvalue weighted by Gasteiger charge is -2.09. The van der Waals surface area contributed by atoms with Crippen molar-refractivity contribution >= 4 is 23.7 Å². The van der Waals surface area contributed by atoms with Crippen molar-refractivity contribution in [1.82, 2.24) is 5.43 Å². The van der Waals surface area contributed by atoms with Gasteiger partial charge in [-0.3, -0.25) is 9.59 Å². The van der Waals surface area contributed by atoms with E-state index >= 15 is 0 Å². The van der Waals surface area contributed by atoms with Crippen molar-refractivity contribution in [3.63, 3.8) is 0 Å². The predicted molar refractivity (Wildman–Crippen MR) is 92.9 cm³/mol. The van der Waals surface area contributed by atoms with Gasteiger partial charge in [0.05, 0.1) is 6.21 Å². The van der Waals surface area contributed by atoms with Crippen LogP contribution in [0.4, 0.5) is 5.69 Å². The second kappa shape index (κ2) is 8.47. The molecule has 0 aliphatic carbocycles. The van der Waals surface area contributed by atoms with Gasteiger partial charge in [0.1, 0.15) is 12.2 Å². The number of hydrogen-bond acceptors (Lipinski definition) is 4. The summed E-state index contributed by atoms with van der Waals surface area (Å²) in [5, 5.41) is 16.0. The van der Waals surface area contributed by atoms with Gasteiger partial charge in [0.25, 0.3) is 0 Å². The number of phenols is 1. The molecule has 6 nitrogen and oxygen atoms in total. The fourth-order valence-electron chi connectivity index (χ4n) is 2.10. The van der Waals surface area contributed by atoms with Crippen LogP contribution in [0.15, 0.2) is 53.6 Å². The molecule has 0 aromatic heterocycles. The molecule has 0 saturated heterocycles. The van der Waals surface area contributed by atoms with Crippen LogP contribution in [-0.2, 0) is 16.0 Å². The highest BCUT2D eigenvalue weighted by Gasteiger charge is 2.10. The maximum atomic E-state index is 11.9. The zero-order chi connectivity index (χ0) is 17.4. The number of para-hydroxylation sites is 2. The number of aryl methyl sites for hydroxylation is 1. The molecule has 2 aromatic carbocycles. The van der Waals surface area contributed by atoms with Crippen molar-refractivity contribution < 1.29 is 14.7 Å². The van der Waals surface area contributed by atoms with E-state index in [1.54, 1.807) is 24.3 Å². The Kier molecular flexibility index (Phi) is 6.08. The molecule has 0 saturated carbocycles. The number of phenolic OH excluding ortho intramolecular Hbond substituents is 1. The van der Waals surface area contributed by atoms with Gasteiger partial charge in [-0.1, -0.05) is 37.3 Å². The summed E-state index contributed by atoms with van der Waals surface area (Å²) >= 11 is 0. The molecule has 124 valence electrons. The highest BCUT2D eigenvalue weighted by atomic mass is 16.3. The number of benzene rings is 2. The van der Waals surface area contributed by atoms with Crippen LogP contribution in [0, 0.1) is 0 Å². The summed E-state index contributed by atoms with van der Waals surface area (Å²) in [4.78, 5) is 23.6. The second-order valence-electron chi connectivity index (χ2n) is 5.09. The van der Waals surface area contributed by atoms with Crippen LogP contribution >= 0.6 is 0 Å². The third kappa shape index (κ3) is 4.95. The summed E-state index contributed by atoms with van der Waals surface area (Å²) in [6, 6.07) is 14.0. The van der Waals surface area contributed by atoms with Crippen molar-refractivity contribution in [2.45, 2.75) is 19.8 Å². The zero-order valence-electron chi connectivity index (χ0n) is 13.3. The minimum absolute atomic E-state index is 0.0596. The van der Waals surface area contributed by atoms with Crippen molar-refractivity contribution in [1.29, 1.82) is 0 Å². The first kappa shape index (κ1) is 17.2. The summed E-state index contributed by atoms with van der Waals surface area (Å²) in [7, 11) is 0.